The summed E-state index contributed by atoms with van der Waals surface area (Å²) in [4.78, 5) is 6.79. The highest BCUT2D eigenvalue weighted by atomic mass is 19.1. The van der Waals surface area contributed by atoms with Crippen LogP contribution in [-0.2, 0) is 4.74 Å². The Kier molecular flexibility index (Phi) is 4.72. The number of nitrogens with zero attached hydrogens (tertiary/aromatic N) is 2. The van der Waals surface area contributed by atoms with Crippen molar-refractivity contribution in [2.75, 3.05) is 31.2 Å². The summed E-state index contributed by atoms with van der Waals surface area (Å²) in [6.07, 6.45) is 1.84. The van der Waals surface area contributed by atoms with Crippen molar-refractivity contribution in [1.29, 1.82) is 0 Å². The zero-order valence-corrected chi connectivity index (χ0v) is 13.6. The number of anilines is 1. The van der Waals surface area contributed by atoms with Crippen LogP contribution < -0.4 is 4.90 Å². The van der Waals surface area contributed by atoms with Crippen LogP contribution >= 0.6 is 0 Å². The van der Waals surface area contributed by atoms with Gasteiger partial charge in [-0.25, -0.2) is 4.39 Å². The van der Waals surface area contributed by atoms with E-state index in [1.54, 1.807) is 19.1 Å². The van der Waals surface area contributed by atoms with Crippen LogP contribution in [0.5, 0.6) is 0 Å². The van der Waals surface area contributed by atoms with Crippen LogP contribution in [-0.4, -0.2) is 32.5 Å². The standard InChI is InChI=1S/C19H21FN2O/c1-14-12-18(22-7-9-23-10-8-22)5-3-16(14)13-21-17-4-6-19(20)15(2)11-17/h3-6,11-13H,7-10H2,1-2H3. The van der Waals surface area contributed by atoms with Crippen LogP contribution in [0.15, 0.2) is 41.4 Å². The summed E-state index contributed by atoms with van der Waals surface area (Å²) in [5.74, 6) is -0.199. The van der Waals surface area contributed by atoms with E-state index in [1.807, 2.05) is 6.21 Å². The highest BCUT2D eigenvalue weighted by Gasteiger charge is 2.11. The van der Waals surface area contributed by atoms with Crippen molar-refractivity contribution < 1.29 is 9.13 Å². The second-order valence-corrected chi connectivity index (χ2v) is 5.83. The van der Waals surface area contributed by atoms with Gasteiger partial charge in [0.25, 0.3) is 0 Å². The molecule has 23 heavy (non-hydrogen) atoms. The number of aliphatic imine (C=N–C) groups is 1. The zero-order chi connectivity index (χ0) is 16.2. The van der Waals surface area contributed by atoms with Gasteiger partial charge in [-0.05, 0) is 60.9 Å². The number of hydrogen-bond acceptors (Lipinski definition) is 3. The molecular formula is C19H21FN2O. The molecule has 1 saturated heterocycles. The molecule has 0 bridgehead atoms. The van der Waals surface area contributed by atoms with Gasteiger partial charge in [0.2, 0.25) is 0 Å². The van der Waals surface area contributed by atoms with E-state index in [0.717, 1.165) is 37.6 Å². The predicted molar refractivity (Wildman–Crippen MR) is 92.6 cm³/mol. The molecule has 4 heteroatoms. The summed E-state index contributed by atoms with van der Waals surface area (Å²) < 4.78 is 18.7. The number of morpholine rings is 1. The third-order valence-electron chi connectivity index (χ3n) is 4.12. The van der Waals surface area contributed by atoms with Crippen molar-refractivity contribution in [2.45, 2.75) is 13.8 Å². The molecule has 0 amide bonds. The van der Waals surface area contributed by atoms with E-state index < -0.39 is 0 Å². The van der Waals surface area contributed by atoms with Gasteiger partial charge in [0.1, 0.15) is 5.82 Å². The number of benzene rings is 2. The van der Waals surface area contributed by atoms with Gasteiger partial charge in [0.05, 0.1) is 18.9 Å². The first kappa shape index (κ1) is 15.7. The van der Waals surface area contributed by atoms with Crippen molar-refractivity contribution in [2.24, 2.45) is 4.99 Å². The summed E-state index contributed by atoms with van der Waals surface area (Å²) in [7, 11) is 0. The van der Waals surface area contributed by atoms with E-state index in [9.17, 15) is 4.39 Å². The lowest BCUT2D eigenvalue weighted by molar-refractivity contribution is 0.122. The van der Waals surface area contributed by atoms with Crippen LogP contribution in [0.1, 0.15) is 16.7 Å². The first-order valence-electron chi connectivity index (χ1n) is 7.87. The maximum absolute atomic E-state index is 13.3. The van der Waals surface area contributed by atoms with E-state index in [1.165, 1.54) is 17.3 Å². The van der Waals surface area contributed by atoms with Gasteiger partial charge in [0.15, 0.2) is 0 Å². The molecule has 1 aliphatic heterocycles. The Hall–Kier alpha value is -2.20. The molecule has 0 unspecified atom stereocenters. The minimum absolute atomic E-state index is 0.199. The Morgan fingerprint density at radius 1 is 1.04 bits per heavy atom. The van der Waals surface area contributed by atoms with E-state index in [0.29, 0.717) is 5.56 Å². The lowest BCUT2D eigenvalue weighted by Crippen LogP contribution is -2.36. The largest absolute Gasteiger partial charge is 0.378 e. The third kappa shape index (κ3) is 3.77. The predicted octanol–water partition coefficient (Wildman–Crippen LogP) is 4.03. The van der Waals surface area contributed by atoms with Crippen LogP contribution in [0.2, 0.25) is 0 Å². The van der Waals surface area contributed by atoms with Crippen molar-refractivity contribution in [3.05, 3.63) is 58.9 Å². The molecule has 0 atom stereocenters. The number of aryl methyl sites for hydroxylation is 2. The third-order valence-corrected chi connectivity index (χ3v) is 4.12. The molecule has 0 aliphatic carbocycles. The average molecular weight is 312 g/mol. The number of halogens is 1. The maximum atomic E-state index is 13.3. The fourth-order valence-corrected chi connectivity index (χ4v) is 2.68. The lowest BCUT2D eigenvalue weighted by atomic mass is 10.1. The lowest BCUT2D eigenvalue weighted by Gasteiger charge is -2.29. The molecule has 0 saturated carbocycles. The summed E-state index contributed by atoms with van der Waals surface area (Å²) in [5, 5.41) is 0. The van der Waals surface area contributed by atoms with Crippen molar-refractivity contribution >= 4 is 17.6 Å². The Morgan fingerprint density at radius 3 is 2.52 bits per heavy atom. The number of rotatable bonds is 3. The van der Waals surface area contributed by atoms with Gasteiger partial charge < -0.3 is 9.64 Å². The number of ether oxygens (including phenoxy) is 1. The molecule has 0 aromatic heterocycles. The molecule has 0 spiro atoms. The quantitative estimate of drug-likeness (QED) is 0.799. The van der Waals surface area contributed by atoms with Crippen LogP contribution in [0.4, 0.5) is 15.8 Å². The summed E-state index contributed by atoms with van der Waals surface area (Å²) in [6, 6.07) is 11.3. The van der Waals surface area contributed by atoms with Crippen molar-refractivity contribution in [1.82, 2.24) is 0 Å². The van der Waals surface area contributed by atoms with Gasteiger partial charge in [-0.2, -0.15) is 0 Å². The van der Waals surface area contributed by atoms with Crippen molar-refractivity contribution in [3.8, 4) is 0 Å². The molecule has 0 radical (unpaired) electrons. The first-order chi connectivity index (χ1) is 11.1. The molecular weight excluding hydrogens is 291 g/mol. The van der Waals surface area contributed by atoms with Gasteiger partial charge in [0, 0.05) is 25.0 Å². The van der Waals surface area contributed by atoms with Gasteiger partial charge in [-0.1, -0.05) is 6.07 Å². The molecule has 2 aromatic carbocycles. The molecule has 120 valence electrons. The van der Waals surface area contributed by atoms with Gasteiger partial charge in [-0.3, -0.25) is 4.99 Å². The van der Waals surface area contributed by atoms with Gasteiger partial charge >= 0.3 is 0 Å². The molecule has 3 rings (SSSR count). The van der Waals surface area contributed by atoms with Crippen LogP contribution in [0, 0.1) is 19.7 Å². The van der Waals surface area contributed by atoms with Crippen LogP contribution in [0.3, 0.4) is 0 Å². The molecule has 1 aliphatic rings. The minimum atomic E-state index is -0.199. The summed E-state index contributed by atoms with van der Waals surface area (Å²) in [5.41, 5.74) is 4.85. The summed E-state index contributed by atoms with van der Waals surface area (Å²) in [6.45, 7) is 7.26. The SMILES string of the molecule is Cc1cc(N=Cc2ccc(N3CCOCC3)cc2C)ccc1F. The minimum Gasteiger partial charge on any atom is -0.378 e. The Bertz CT molecular complexity index is 721. The molecule has 1 fully saturated rings. The molecule has 2 aromatic rings. The van der Waals surface area contributed by atoms with Gasteiger partial charge in [-0.15, -0.1) is 0 Å². The van der Waals surface area contributed by atoms with Crippen molar-refractivity contribution in [3.63, 3.8) is 0 Å². The Balaban J connectivity index is 1.77. The van der Waals surface area contributed by atoms with Crippen LogP contribution in [0.25, 0.3) is 0 Å². The number of hydrogen-bond donors (Lipinski definition) is 0. The molecule has 3 nitrogen and oxygen atoms in total. The smallest absolute Gasteiger partial charge is 0.126 e. The second-order valence-electron chi connectivity index (χ2n) is 5.83. The normalized spacial score (nSPS) is 15.3. The van der Waals surface area contributed by atoms with E-state index in [-0.39, 0.29) is 5.82 Å². The highest BCUT2D eigenvalue weighted by Crippen LogP contribution is 2.21. The Morgan fingerprint density at radius 2 is 1.83 bits per heavy atom. The highest BCUT2D eigenvalue weighted by molar-refractivity contribution is 5.84. The van der Waals surface area contributed by atoms with E-state index in [2.05, 4.69) is 35.0 Å². The first-order valence-corrected chi connectivity index (χ1v) is 7.87. The Labute approximate surface area is 136 Å². The van der Waals surface area contributed by atoms with E-state index >= 15 is 0 Å². The van der Waals surface area contributed by atoms with E-state index in [4.69, 9.17) is 4.74 Å². The topological polar surface area (TPSA) is 24.8 Å². The molecule has 1 heterocycles. The summed E-state index contributed by atoms with van der Waals surface area (Å²) >= 11 is 0. The molecule has 0 N–H and O–H groups in total. The monoisotopic (exact) mass is 312 g/mol. The second kappa shape index (κ2) is 6.92. The average Bonchev–Trinajstić information content (AvgIpc) is 2.57. The fraction of sp³-hybridized carbons (Fsp3) is 0.316. The fourth-order valence-electron chi connectivity index (χ4n) is 2.68. The maximum Gasteiger partial charge on any atom is 0.126 e. The zero-order valence-electron chi connectivity index (χ0n) is 13.6.